The van der Waals surface area contributed by atoms with Crippen molar-refractivity contribution in [2.75, 3.05) is 11.9 Å². The van der Waals surface area contributed by atoms with Crippen LogP contribution in [0.3, 0.4) is 0 Å². The van der Waals surface area contributed by atoms with Crippen LogP contribution in [0.2, 0.25) is 0 Å². The van der Waals surface area contributed by atoms with E-state index in [4.69, 9.17) is 0 Å². The molecule has 0 aliphatic carbocycles. The van der Waals surface area contributed by atoms with E-state index >= 15 is 0 Å². The van der Waals surface area contributed by atoms with Crippen LogP contribution in [0.1, 0.15) is 25.8 Å². The van der Waals surface area contributed by atoms with Crippen LogP contribution in [0.4, 0.5) is 5.82 Å². The SMILES string of the molecule is CCCc1ccc(-c2ccc(NCC(C)=O)nn2)cc1. The van der Waals surface area contributed by atoms with Gasteiger partial charge in [0.2, 0.25) is 0 Å². The minimum absolute atomic E-state index is 0.0717. The molecule has 4 heteroatoms. The Balaban J connectivity index is 2.07. The second-order valence-electron chi connectivity index (χ2n) is 4.81. The molecular weight excluding hydrogens is 250 g/mol. The molecule has 1 aromatic heterocycles. The van der Waals surface area contributed by atoms with Crippen LogP contribution >= 0.6 is 0 Å². The van der Waals surface area contributed by atoms with Crippen LogP contribution in [-0.2, 0) is 11.2 Å². The van der Waals surface area contributed by atoms with E-state index in [1.807, 2.05) is 12.1 Å². The Hall–Kier alpha value is -2.23. The minimum Gasteiger partial charge on any atom is -0.362 e. The highest BCUT2D eigenvalue weighted by atomic mass is 16.1. The molecule has 0 amide bonds. The first-order chi connectivity index (χ1) is 9.69. The van der Waals surface area contributed by atoms with Crippen molar-refractivity contribution in [1.29, 1.82) is 0 Å². The van der Waals surface area contributed by atoms with Crippen molar-refractivity contribution in [3.05, 3.63) is 42.0 Å². The topological polar surface area (TPSA) is 54.9 Å². The summed E-state index contributed by atoms with van der Waals surface area (Å²) in [5.41, 5.74) is 3.22. The highest BCUT2D eigenvalue weighted by molar-refractivity contribution is 5.80. The van der Waals surface area contributed by atoms with E-state index in [1.165, 1.54) is 12.5 Å². The number of ketones is 1. The summed E-state index contributed by atoms with van der Waals surface area (Å²) in [6.45, 7) is 3.98. The molecule has 0 saturated heterocycles. The highest BCUT2D eigenvalue weighted by Gasteiger charge is 2.02. The van der Waals surface area contributed by atoms with Gasteiger partial charge in [0.25, 0.3) is 0 Å². The summed E-state index contributed by atoms with van der Waals surface area (Å²) in [7, 11) is 0. The average molecular weight is 269 g/mol. The molecule has 0 unspecified atom stereocenters. The molecule has 20 heavy (non-hydrogen) atoms. The predicted octanol–water partition coefficient (Wildman–Crippen LogP) is 3.10. The zero-order valence-electron chi connectivity index (χ0n) is 11.9. The van der Waals surface area contributed by atoms with Gasteiger partial charge in [-0.05, 0) is 31.0 Å². The molecule has 0 aliphatic heterocycles. The molecule has 0 fully saturated rings. The van der Waals surface area contributed by atoms with E-state index in [1.54, 1.807) is 0 Å². The third-order valence-corrected chi connectivity index (χ3v) is 2.97. The van der Waals surface area contributed by atoms with E-state index in [0.717, 1.165) is 24.1 Å². The predicted molar refractivity (Wildman–Crippen MR) is 80.6 cm³/mol. The Morgan fingerprint density at radius 1 is 1.10 bits per heavy atom. The lowest BCUT2D eigenvalue weighted by atomic mass is 10.1. The Kier molecular flexibility index (Phi) is 4.82. The molecule has 0 saturated carbocycles. The Morgan fingerprint density at radius 3 is 2.40 bits per heavy atom. The maximum absolute atomic E-state index is 10.9. The number of nitrogens with zero attached hydrogens (tertiary/aromatic N) is 2. The van der Waals surface area contributed by atoms with Crippen molar-refractivity contribution < 1.29 is 4.79 Å². The van der Waals surface area contributed by atoms with Crippen molar-refractivity contribution in [3.63, 3.8) is 0 Å². The van der Waals surface area contributed by atoms with Crippen LogP contribution in [0.5, 0.6) is 0 Å². The van der Waals surface area contributed by atoms with Crippen LogP contribution in [-0.4, -0.2) is 22.5 Å². The molecule has 4 nitrogen and oxygen atoms in total. The standard InChI is InChI=1S/C16H19N3O/c1-3-4-13-5-7-14(8-6-13)15-9-10-16(19-18-15)17-11-12(2)20/h5-10H,3-4,11H2,1-2H3,(H,17,19). The van der Waals surface area contributed by atoms with Crippen molar-refractivity contribution in [3.8, 4) is 11.3 Å². The van der Waals surface area contributed by atoms with Gasteiger partial charge in [-0.15, -0.1) is 10.2 Å². The fourth-order valence-electron chi connectivity index (χ4n) is 1.93. The number of carbonyl (C=O) groups is 1. The van der Waals surface area contributed by atoms with E-state index in [0.29, 0.717) is 5.82 Å². The van der Waals surface area contributed by atoms with Crippen molar-refractivity contribution >= 4 is 11.6 Å². The van der Waals surface area contributed by atoms with E-state index < -0.39 is 0 Å². The zero-order valence-corrected chi connectivity index (χ0v) is 11.9. The second kappa shape index (κ2) is 6.80. The quantitative estimate of drug-likeness (QED) is 0.875. The van der Waals surface area contributed by atoms with Gasteiger partial charge in [0, 0.05) is 5.56 Å². The summed E-state index contributed by atoms with van der Waals surface area (Å²) < 4.78 is 0. The monoisotopic (exact) mass is 269 g/mol. The molecule has 0 aliphatic rings. The van der Waals surface area contributed by atoms with Gasteiger partial charge in [-0.1, -0.05) is 37.6 Å². The average Bonchev–Trinajstić information content (AvgIpc) is 2.47. The van der Waals surface area contributed by atoms with Gasteiger partial charge >= 0.3 is 0 Å². The first kappa shape index (κ1) is 14.2. The van der Waals surface area contributed by atoms with Crippen molar-refractivity contribution in [2.24, 2.45) is 0 Å². The fraction of sp³-hybridized carbons (Fsp3) is 0.312. The van der Waals surface area contributed by atoms with Gasteiger partial charge in [0.05, 0.1) is 12.2 Å². The molecule has 0 radical (unpaired) electrons. The van der Waals surface area contributed by atoms with Crippen molar-refractivity contribution in [2.45, 2.75) is 26.7 Å². The molecule has 1 heterocycles. The Morgan fingerprint density at radius 2 is 1.85 bits per heavy atom. The molecule has 1 N–H and O–H groups in total. The van der Waals surface area contributed by atoms with Gasteiger partial charge in [-0.25, -0.2) is 0 Å². The third-order valence-electron chi connectivity index (χ3n) is 2.97. The molecule has 0 spiro atoms. The largest absolute Gasteiger partial charge is 0.362 e. The lowest BCUT2D eigenvalue weighted by Gasteiger charge is -2.05. The number of anilines is 1. The molecule has 2 aromatic rings. The van der Waals surface area contributed by atoms with Gasteiger partial charge in [0.15, 0.2) is 0 Å². The minimum atomic E-state index is 0.0717. The van der Waals surface area contributed by atoms with Gasteiger partial charge in [-0.2, -0.15) is 0 Å². The van der Waals surface area contributed by atoms with Gasteiger partial charge in [-0.3, -0.25) is 4.79 Å². The van der Waals surface area contributed by atoms with E-state index in [9.17, 15) is 4.79 Å². The number of aryl methyl sites for hydroxylation is 1. The lowest BCUT2D eigenvalue weighted by molar-refractivity contribution is -0.115. The number of Topliss-reactive ketones (excluding diaryl/α,β-unsaturated/α-hetero) is 1. The number of benzene rings is 1. The number of nitrogens with one attached hydrogen (secondary N) is 1. The van der Waals surface area contributed by atoms with E-state index in [-0.39, 0.29) is 12.3 Å². The molecule has 2 rings (SSSR count). The number of aromatic nitrogens is 2. The lowest BCUT2D eigenvalue weighted by Crippen LogP contribution is -2.11. The van der Waals surface area contributed by atoms with Gasteiger partial charge in [0.1, 0.15) is 11.6 Å². The zero-order chi connectivity index (χ0) is 14.4. The van der Waals surface area contributed by atoms with Gasteiger partial charge < -0.3 is 5.32 Å². The van der Waals surface area contributed by atoms with E-state index in [2.05, 4.69) is 46.7 Å². The summed E-state index contributed by atoms with van der Waals surface area (Å²) in [4.78, 5) is 10.9. The first-order valence-electron chi connectivity index (χ1n) is 6.85. The van der Waals surface area contributed by atoms with Crippen LogP contribution in [0, 0.1) is 0 Å². The van der Waals surface area contributed by atoms with Crippen LogP contribution in [0.15, 0.2) is 36.4 Å². The molecule has 0 bridgehead atoms. The van der Waals surface area contributed by atoms with Crippen LogP contribution < -0.4 is 5.32 Å². The molecule has 0 atom stereocenters. The Labute approximate surface area is 119 Å². The smallest absolute Gasteiger partial charge is 0.149 e. The number of hydrogen-bond acceptors (Lipinski definition) is 4. The third kappa shape index (κ3) is 3.88. The summed E-state index contributed by atoms with van der Waals surface area (Å²) in [6.07, 6.45) is 2.25. The second-order valence-corrected chi connectivity index (χ2v) is 4.81. The molecule has 104 valence electrons. The maximum atomic E-state index is 10.9. The molecule has 1 aromatic carbocycles. The normalized spacial score (nSPS) is 10.3. The fourth-order valence-corrected chi connectivity index (χ4v) is 1.93. The maximum Gasteiger partial charge on any atom is 0.149 e. The number of carbonyl (C=O) groups excluding carboxylic acids is 1. The van der Waals surface area contributed by atoms with Crippen molar-refractivity contribution in [1.82, 2.24) is 10.2 Å². The summed E-state index contributed by atoms with van der Waals surface area (Å²) in [5.74, 6) is 0.689. The Bertz CT molecular complexity index is 561. The molecular formula is C16H19N3O. The summed E-state index contributed by atoms with van der Waals surface area (Å²) in [5, 5.41) is 11.2. The van der Waals surface area contributed by atoms with Crippen LogP contribution in [0.25, 0.3) is 11.3 Å². The highest BCUT2D eigenvalue weighted by Crippen LogP contribution is 2.18. The summed E-state index contributed by atoms with van der Waals surface area (Å²) in [6, 6.07) is 12.1. The summed E-state index contributed by atoms with van der Waals surface area (Å²) >= 11 is 0. The number of hydrogen-bond donors (Lipinski definition) is 1. The number of rotatable bonds is 6. The first-order valence-corrected chi connectivity index (χ1v) is 6.85.